The van der Waals surface area contributed by atoms with Gasteiger partial charge in [0.2, 0.25) is 0 Å². The minimum atomic E-state index is -4.72. The number of nitrogens with two attached hydrogens (primary N) is 1. The Morgan fingerprint density at radius 3 is 2.67 bits per heavy atom. The van der Waals surface area contributed by atoms with Crippen molar-refractivity contribution in [3.63, 3.8) is 0 Å². The fourth-order valence-electron chi connectivity index (χ4n) is 2.47. The van der Waals surface area contributed by atoms with Crippen LogP contribution in [0.3, 0.4) is 0 Å². The van der Waals surface area contributed by atoms with Crippen LogP contribution in [0, 0.1) is 5.82 Å². The van der Waals surface area contributed by atoms with Gasteiger partial charge in [0.15, 0.2) is 5.96 Å². The minimum absolute atomic E-state index is 0.0423. The Morgan fingerprint density at radius 1 is 1.43 bits per heavy atom. The smallest absolute Gasteiger partial charge is 0.370 e. The third kappa shape index (κ3) is 2.96. The molecule has 0 spiro atoms. The van der Waals surface area contributed by atoms with Crippen molar-refractivity contribution in [2.24, 2.45) is 10.7 Å². The summed E-state index contributed by atoms with van der Waals surface area (Å²) in [5, 5.41) is 0. The molecular weight excluding hydrogens is 286 g/mol. The van der Waals surface area contributed by atoms with Gasteiger partial charge in [0.05, 0.1) is 18.2 Å². The summed E-state index contributed by atoms with van der Waals surface area (Å²) in [6.45, 7) is 4.16. The van der Waals surface area contributed by atoms with Gasteiger partial charge in [0.1, 0.15) is 5.82 Å². The van der Waals surface area contributed by atoms with Crippen LogP contribution < -0.4 is 5.73 Å². The van der Waals surface area contributed by atoms with Crippen molar-refractivity contribution in [3.8, 4) is 0 Å². The van der Waals surface area contributed by atoms with E-state index in [0.29, 0.717) is 11.5 Å². The molecule has 21 heavy (non-hydrogen) atoms. The van der Waals surface area contributed by atoms with E-state index in [9.17, 15) is 17.6 Å². The number of aliphatic imine (C=N–C) groups is 1. The van der Waals surface area contributed by atoms with Gasteiger partial charge in [-0.25, -0.2) is 4.39 Å². The average molecular weight is 303 g/mol. The molecule has 116 valence electrons. The van der Waals surface area contributed by atoms with Gasteiger partial charge in [-0.3, -0.25) is 4.99 Å². The highest BCUT2D eigenvalue weighted by atomic mass is 19.4. The van der Waals surface area contributed by atoms with Crippen molar-refractivity contribution < 1.29 is 17.6 Å². The van der Waals surface area contributed by atoms with Gasteiger partial charge in [-0.15, -0.1) is 0 Å². The summed E-state index contributed by atoms with van der Waals surface area (Å²) >= 11 is 0. The normalized spacial score (nSPS) is 20.6. The summed E-state index contributed by atoms with van der Waals surface area (Å²) in [5.41, 5.74) is 4.93. The zero-order valence-corrected chi connectivity index (χ0v) is 11.8. The fraction of sp³-hybridized carbons (Fsp3) is 0.500. The van der Waals surface area contributed by atoms with Gasteiger partial charge in [-0.1, -0.05) is 13.0 Å². The Morgan fingerprint density at radius 2 is 2.10 bits per heavy atom. The predicted molar refractivity (Wildman–Crippen MR) is 72.2 cm³/mol. The van der Waals surface area contributed by atoms with Crippen LogP contribution in [0.4, 0.5) is 17.6 Å². The largest absolute Gasteiger partial charge is 0.419 e. The lowest BCUT2D eigenvalue weighted by Gasteiger charge is -2.32. The maximum absolute atomic E-state index is 13.4. The second-order valence-corrected chi connectivity index (χ2v) is 5.12. The zero-order valence-electron chi connectivity index (χ0n) is 11.8. The van der Waals surface area contributed by atoms with Crippen molar-refractivity contribution in [2.45, 2.75) is 38.5 Å². The van der Waals surface area contributed by atoms with E-state index in [4.69, 9.17) is 5.73 Å². The molecule has 1 aromatic rings. The number of hydrogen-bond donors (Lipinski definition) is 1. The van der Waals surface area contributed by atoms with Crippen LogP contribution in [-0.2, 0) is 6.18 Å². The Kier molecular flexibility index (Phi) is 4.11. The molecule has 7 heteroatoms. The molecule has 0 aromatic heterocycles. The lowest BCUT2D eigenvalue weighted by Crippen LogP contribution is -2.42. The molecule has 0 amide bonds. The minimum Gasteiger partial charge on any atom is -0.370 e. The molecule has 1 heterocycles. The Labute approximate surface area is 120 Å². The van der Waals surface area contributed by atoms with Crippen molar-refractivity contribution in [1.82, 2.24) is 4.90 Å². The maximum atomic E-state index is 13.4. The zero-order chi connectivity index (χ0) is 15.8. The van der Waals surface area contributed by atoms with Crippen molar-refractivity contribution >= 4 is 5.96 Å². The molecule has 0 fully saturated rings. The van der Waals surface area contributed by atoms with Crippen LogP contribution in [0.5, 0.6) is 0 Å². The van der Waals surface area contributed by atoms with Gasteiger partial charge in [0.25, 0.3) is 0 Å². The van der Waals surface area contributed by atoms with Crippen LogP contribution in [0.1, 0.15) is 37.4 Å². The number of rotatable bonds is 3. The highest BCUT2D eigenvalue weighted by Gasteiger charge is 2.36. The molecule has 2 atom stereocenters. The van der Waals surface area contributed by atoms with Gasteiger partial charge >= 0.3 is 6.18 Å². The SMILES string of the molecule is CCC(C)N1C(N)=NCC1c1ccc(F)c(C(F)(F)F)c1. The first-order valence-corrected chi connectivity index (χ1v) is 6.70. The van der Waals surface area contributed by atoms with E-state index < -0.39 is 17.6 Å². The molecule has 0 aliphatic carbocycles. The third-order valence-electron chi connectivity index (χ3n) is 3.77. The molecular formula is C14H17F4N3. The van der Waals surface area contributed by atoms with Gasteiger partial charge in [-0.05, 0) is 31.0 Å². The van der Waals surface area contributed by atoms with E-state index in [0.717, 1.165) is 18.6 Å². The highest BCUT2D eigenvalue weighted by molar-refractivity contribution is 5.80. The maximum Gasteiger partial charge on any atom is 0.419 e. The predicted octanol–water partition coefficient (Wildman–Crippen LogP) is 3.31. The molecule has 2 N–H and O–H groups in total. The quantitative estimate of drug-likeness (QED) is 0.870. The molecule has 1 aliphatic heterocycles. The van der Waals surface area contributed by atoms with Crippen molar-refractivity contribution in [3.05, 3.63) is 35.1 Å². The number of hydrogen-bond acceptors (Lipinski definition) is 3. The van der Waals surface area contributed by atoms with E-state index >= 15 is 0 Å². The molecule has 1 aromatic carbocycles. The molecule has 1 aliphatic rings. The fourth-order valence-corrected chi connectivity index (χ4v) is 2.47. The molecule has 0 radical (unpaired) electrons. The van der Waals surface area contributed by atoms with Crippen molar-refractivity contribution in [2.75, 3.05) is 6.54 Å². The highest BCUT2D eigenvalue weighted by Crippen LogP contribution is 2.35. The monoisotopic (exact) mass is 303 g/mol. The molecule has 0 bridgehead atoms. The second kappa shape index (κ2) is 5.54. The summed E-state index contributed by atoms with van der Waals surface area (Å²) < 4.78 is 51.8. The van der Waals surface area contributed by atoms with Crippen LogP contribution in [0.15, 0.2) is 23.2 Å². The van der Waals surface area contributed by atoms with E-state index in [2.05, 4.69) is 4.99 Å². The Bertz CT molecular complexity index is 554. The third-order valence-corrected chi connectivity index (χ3v) is 3.77. The average Bonchev–Trinajstić information content (AvgIpc) is 2.79. The number of alkyl halides is 3. The van der Waals surface area contributed by atoms with Crippen LogP contribution in [0.25, 0.3) is 0 Å². The molecule has 2 unspecified atom stereocenters. The summed E-state index contributed by atoms with van der Waals surface area (Å²) in [4.78, 5) is 5.89. The Hall–Kier alpha value is -1.79. The summed E-state index contributed by atoms with van der Waals surface area (Å²) in [7, 11) is 0. The molecule has 3 nitrogen and oxygen atoms in total. The first kappa shape index (κ1) is 15.6. The number of nitrogens with zero attached hydrogens (tertiary/aromatic N) is 2. The lowest BCUT2D eigenvalue weighted by molar-refractivity contribution is -0.140. The van der Waals surface area contributed by atoms with E-state index in [1.165, 1.54) is 6.07 Å². The summed E-state index contributed by atoms with van der Waals surface area (Å²) in [6.07, 6.45) is -3.94. The Balaban J connectivity index is 2.39. The second-order valence-electron chi connectivity index (χ2n) is 5.12. The van der Waals surface area contributed by atoms with E-state index in [1.54, 1.807) is 4.90 Å². The summed E-state index contributed by atoms with van der Waals surface area (Å²) in [5.74, 6) is -0.958. The van der Waals surface area contributed by atoms with Crippen LogP contribution >= 0.6 is 0 Å². The van der Waals surface area contributed by atoms with E-state index in [-0.39, 0.29) is 18.6 Å². The number of halogens is 4. The topological polar surface area (TPSA) is 41.6 Å². The first-order valence-electron chi connectivity index (χ1n) is 6.70. The van der Waals surface area contributed by atoms with E-state index in [1.807, 2.05) is 13.8 Å². The van der Waals surface area contributed by atoms with Crippen LogP contribution in [0.2, 0.25) is 0 Å². The van der Waals surface area contributed by atoms with Crippen molar-refractivity contribution in [1.29, 1.82) is 0 Å². The molecule has 2 rings (SSSR count). The number of guanidine groups is 1. The number of benzene rings is 1. The molecule has 0 saturated carbocycles. The first-order chi connectivity index (χ1) is 9.75. The lowest BCUT2D eigenvalue weighted by atomic mass is 10.0. The van der Waals surface area contributed by atoms with Gasteiger partial charge in [0, 0.05) is 6.04 Å². The van der Waals surface area contributed by atoms with Crippen LogP contribution in [-0.4, -0.2) is 23.4 Å². The summed E-state index contributed by atoms with van der Waals surface area (Å²) in [6, 6.07) is 2.71. The van der Waals surface area contributed by atoms with Gasteiger partial charge in [-0.2, -0.15) is 13.2 Å². The standard InChI is InChI=1S/C14H17F4N3/c1-3-8(2)21-12(7-20-13(21)19)9-4-5-11(15)10(6-9)14(16,17)18/h4-6,8,12H,3,7H2,1-2H3,(H2,19,20). The molecule has 0 saturated heterocycles. The van der Waals surface area contributed by atoms with Gasteiger partial charge < -0.3 is 10.6 Å².